The molecule has 7 heteroatoms. The number of rotatable bonds is 3. The van der Waals surface area contributed by atoms with Crippen LogP contribution in [0.5, 0.6) is 0 Å². The van der Waals surface area contributed by atoms with E-state index in [1.165, 1.54) is 0 Å². The fraction of sp³-hybridized carbons (Fsp3) is 0. The third-order valence-corrected chi connectivity index (χ3v) is 1.67. The van der Waals surface area contributed by atoms with Crippen molar-refractivity contribution in [3.05, 3.63) is 34.9 Å². The number of carboxylic acids is 3. The number of hydrogen-bond donors (Lipinski definition) is 3. The van der Waals surface area contributed by atoms with Crippen LogP contribution in [0, 0.1) is 0 Å². The van der Waals surface area contributed by atoms with Crippen molar-refractivity contribution in [2.75, 3.05) is 0 Å². The summed E-state index contributed by atoms with van der Waals surface area (Å²) >= 11 is 0. The topological polar surface area (TPSA) is 112 Å². The Morgan fingerprint density at radius 3 is 1.00 bits per heavy atom. The maximum absolute atomic E-state index is 10.6. The van der Waals surface area contributed by atoms with Gasteiger partial charge in [-0.05, 0) is 18.2 Å². The van der Waals surface area contributed by atoms with Crippen molar-refractivity contribution in [1.82, 2.24) is 0 Å². The minimum absolute atomic E-state index is 0. The van der Waals surface area contributed by atoms with Crippen molar-refractivity contribution >= 4 is 35.3 Å². The molecule has 0 fully saturated rings. The average Bonchev–Trinajstić information content (AvgIpc) is 2.16. The quantitative estimate of drug-likeness (QED) is 0.656. The zero-order valence-corrected chi connectivity index (χ0v) is 9.03. The average molecular weight is 237 g/mol. The van der Waals surface area contributed by atoms with E-state index in [0.717, 1.165) is 18.2 Å². The molecule has 0 aliphatic carbocycles. The first kappa shape index (κ1) is 14.2. The number of carboxylic acid groups (broad SMARTS) is 3. The Labute approximate surface area is 100 Å². The Balaban J connectivity index is 0.00000225. The lowest BCUT2D eigenvalue weighted by atomic mass is 10.1. The maximum atomic E-state index is 10.6. The zero-order valence-electron chi connectivity index (χ0n) is 7.88. The van der Waals surface area contributed by atoms with Gasteiger partial charge in [-0.1, -0.05) is 0 Å². The largest absolute Gasteiger partial charge is 0.478 e. The second-order valence-corrected chi connectivity index (χ2v) is 2.71. The maximum Gasteiger partial charge on any atom is 0.335 e. The molecule has 0 aliphatic heterocycles. The van der Waals surface area contributed by atoms with Gasteiger partial charge in [0.2, 0.25) is 0 Å². The number of carbonyl (C=O) groups is 3. The normalized spacial score (nSPS) is 9.00. The van der Waals surface area contributed by atoms with E-state index in [2.05, 4.69) is 0 Å². The number of benzene rings is 1. The molecule has 0 heterocycles. The van der Waals surface area contributed by atoms with Gasteiger partial charge in [-0.25, -0.2) is 14.4 Å². The van der Waals surface area contributed by atoms with Crippen LogP contribution >= 0.6 is 0 Å². The van der Waals surface area contributed by atoms with Crippen LogP contribution in [-0.4, -0.2) is 50.6 Å². The predicted octanol–water partition coefficient (Wildman–Crippen LogP) is 0.400. The van der Waals surface area contributed by atoms with Crippen molar-refractivity contribution in [1.29, 1.82) is 0 Å². The van der Waals surface area contributed by atoms with E-state index in [0.29, 0.717) is 0 Å². The lowest BCUT2D eigenvalue weighted by Gasteiger charge is -2.00. The fourth-order valence-corrected chi connectivity index (χ4v) is 0.998. The van der Waals surface area contributed by atoms with Crippen molar-refractivity contribution in [2.24, 2.45) is 0 Å². The van der Waals surface area contributed by atoms with Crippen LogP contribution in [0.3, 0.4) is 0 Å². The van der Waals surface area contributed by atoms with E-state index in [1.807, 2.05) is 0 Å². The third kappa shape index (κ3) is 3.09. The third-order valence-electron chi connectivity index (χ3n) is 1.67. The molecule has 3 radical (unpaired) electrons. The molecule has 0 aromatic heterocycles. The Bertz CT molecular complexity index is 374. The minimum atomic E-state index is -1.37. The molecule has 0 aliphatic rings. The Morgan fingerprint density at radius 2 is 0.875 bits per heavy atom. The molecule has 0 saturated heterocycles. The van der Waals surface area contributed by atoms with Gasteiger partial charge in [0.1, 0.15) is 0 Å². The lowest BCUT2D eigenvalue weighted by molar-refractivity contribution is 0.0696. The summed E-state index contributed by atoms with van der Waals surface area (Å²) in [5.41, 5.74) is -1.10. The second-order valence-electron chi connectivity index (χ2n) is 2.71. The van der Waals surface area contributed by atoms with Gasteiger partial charge >= 0.3 is 17.9 Å². The van der Waals surface area contributed by atoms with Crippen LogP contribution in [0.1, 0.15) is 31.1 Å². The fourth-order valence-electron chi connectivity index (χ4n) is 0.998. The summed E-state index contributed by atoms with van der Waals surface area (Å²) in [6.07, 6.45) is 0. The predicted molar refractivity (Wildman–Crippen MR) is 53.1 cm³/mol. The molecule has 6 nitrogen and oxygen atoms in total. The van der Waals surface area contributed by atoms with E-state index in [1.54, 1.807) is 0 Å². The first-order chi connectivity index (χ1) is 6.91. The lowest BCUT2D eigenvalue weighted by Crippen LogP contribution is -2.07. The minimum Gasteiger partial charge on any atom is -0.478 e. The van der Waals surface area contributed by atoms with Gasteiger partial charge in [0, 0.05) is 17.4 Å². The van der Waals surface area contributed by atoms with Gasteiger partial charge in [0.15, 0.2) is 0 Å². The molecule has 3 N–H and O–H groups in total. The highest BCUT2D eigenvalue weighted by Gasteiger charge is 2.14. The Morgan fingerprint density at radius 1 is 0.688 bits per heavy atom. The Kier molecular flexibility index (Phi) is 4.69. The van der Waals surface area contributed by atoms with Gasteiger partial charge in [-0.15, -0.1) is 0 Å². The van der Waals surface area contributed by atoms with E-state index < -0.39 is 17.9 Å². The standard InChI is InChI=1S/C9H6O6.Al/c10-7(11)4-1-5(8(12)13)3-6(2-4)9(14)15;/h1-3H,(H,10,11)(H,12,13)(H,14,15);. The summed E-state index contributed by atoms with van der Waals surface area (Å²) < 4.78 is 0. The highest BCUT2D eigenvalue weighted by atomic mass is 27.0. The van der Waals surface area contributed by atoms with Crippen molar-refractivity contribution in [2.45, 2.75) is 0 Å². The molecule has 0 saturated carbocycles. The number of hydrogen-bond acceptors (Lipinski definition) is 3. The van der Waals surface area contributed by atoms with Gasteiger partial charge in [-0.2, -0.15) is 0 Å². The molecule has 1 aromatic carbocycles. The zero-order chi connectivity index (χ0) is 11.6. The molecule has 1 aromatic rings. The summed E-state index contributed by atoms with van der Waals surface area (Å²) in [4.78, 5) is 31.7. The molecule has 0 spiro atoms. The summed E-state index contributed by atoms with van der Waals surface area (Å²) in [7, 11) is 0. The molecular weight excluding hydrogens is 231 g/mol. The van der Waals surface area contributed by atoms with Crippen molar-refractivity contribution in [3.63, 3.8) is 0 Å². The summed E-state index contributed by atoms with van der Waals surface area (Å²) in [6.45, 7) is 0. The molecule has 81 valence electrons. The van der Waals surface area contributed by atoms with Crippen molar-refractivity contribution < 1.29 is 29.7 Å². The first-order valence-corrected chi connectivity index (χ1v) is 3.77. The second kappa shape index (κ2) is 5.30. The van der Waals surface area contributed by atoms with Gasteiger partial charge < -0.3 is 15.3 Å². The summed E-state index contributed by atoms with van der Waals surface area (Å²) in [5, 5.41) is 25.8. The van der Waals surface area contributed by atoms with Crippen LogP contribution in [0.2, 0.25) is 0 Å². The van der Waals surface area contributed by atoms with E-state index >= 15 is 0 Å². The van der Waals surface area contributed by atoms with E-state index in [4.69, 9.17) is 15.3 Å². The SMILES string of the molecule is O=C(O)c1cc(C(=O)O)cc(C(=O)O)c1.[Al]. The molecule has 0 bridgehead atoms. The van der Waals surface area contributed by atoms with Gasteiger partial charge in [-0.3, -0.25) is 0 Å². The van der Waals surface area contributed by atoms with Gasteiger partial charge in [0.05, 0.1) is 16.7 Å². The molecule has 0 unspecified atom stereocenters. The van der Waals surface area contributed by atoms with Crippen LogP contribution in [0.25, 0.3) is 0 Å². The molecule has 16 heavy (non-hydrogen) atoms. The molecule has 0 atom stereocenters. The van der Waals surface area contributed by atoms with Crippen LogP contribution in [0.15, 0.2) is 18.2 Å². The number of aromatic carboxylic acids is 3. The smallest absolute Gasteiger partial charge is 0.335 e. The monoisotopic (exact) mass is 237 g/mol. The summed E-state index contributed by atoms with van der Waals surface area (Å²) in [6, 6.07) is 2.70. The van der Waals surface area contributed by atoms with Gasteiger partial charge in [0.25, 0.3) is 0 Å². The Hall–Kier alpha value is -1.84. The van der Waals surface area contributed by atoms with Crippen molar-refractivity contribution in [3.8, 4) is 0 Å². The van der Waals surface area contributed by atoms with Crippen LogP contribution < -0.4 is 0 Å². The van der Waals surface area contributed by atoms with E-state index in [9.17, 15) is 14.4 Å². The van der Waals surface area contributed by atoms with E-state index in [-0.39, 0.29) is 34.1 Å². The molecular formula is C9H6AlO6. The highest BCUT2D eigenvalue weighted by Crippen LogP contribution is 2.11. The summed E-state index contributed by atoms with van der Waals surface area (Å²) in [5.74, 6) is -4.12. The molecule has 0 amide bonds. The first-order valence-electron chi connectivity index (χ1n) is 3.77. The highest BCUT2D eigenvalue weighted by molar-refractivity contribution is 5.98. The molecule has 1 rings (SSSR count). The van der Waals surface area contributed by atoms with Crippen LogP contribution in [0.4, 0.5) is 0 Å². The van der Waals surface area contributed by atoms with Crippen LogP contribution in [-0.2, 0) is 0 Å².